The van der Waals surface area contributed by atoms with Gasteiger partial charge in [-0.3, -0.25) is 9.59 Å². The van der Waals surface area contributed by atoms with Crippen molar-refractivity contribution in [2.75, 3.05) is 18.9 Å². The Morgan fingerprint density at radius 1 is 1.35 bits per heavy atom. The molecule has 1 heterocycles. The molecule has 0 aromatic carbocycles. The zero-order valence-electron chi connectivity index (χ0n) is 11.8. The van der Waals surface area contributed by atoms with Gasteiger partial charge in [0.25, 0.3) is 5.91 Å². The first kappa shape index (κ1) is 14.3. The number of hydrogen-bond acceptors (Lipinski definition) is 4. The number of rotatable bonds is 6. The van der Waals surface area contributed by atoms with E-state index in [9.17, 15) is 9.59 Å². The number of pyridine rings is 1. The third kappa shape index (κ3) is 3.94. The van der Waals surface area contributed by atoms with Crippen LogP contribution in [0.1, 0.15) is 35.8 Å². The van der Waals surface area contributed by atoms with Crippen molar-refractivity contribution in [2.45, 2.75) is 32.2 Å². The fraction of sp³-hybridized carbons (Fsp3) is 0.500. The number of nitrogens with one attached hydrogen (secondary N) is 3. The first-order valence-electron chi connectivity index (χ1n) is 6.88. The van der Waals surface area contributed by atoms with Crippen LogP contribution in [-0.2, 0) is 11.2 Å². The fourth-order valence-electron chi connectivity index (χ4n) is 1.80. The lowest BCUT2D eigenvalue weighted by molar-refractivity contribution is -0.120. The molecule has 108 valence electrons. The Morgan fingerprint density at radius 3 is 2.70 bits per heavy atom. The highest BCUT2D eigenvalue weighted by atomic mass is 16.2. The SMILES string of the molecule is CCc1cc(C(=O)NCC(=O)NC2CC2)cc(NC)n1. The molecule has 2 amide bonds. The van der Waals surface area contributed by atoms with Gasteiger partial charge in [-0.15, -0.1) is 0 Å². The van der Waals surface area contributed by atoms with E-state index in [4.69, 9.17) is 0 Å². The van der Waals surface area contributed by atoms with Gasteiger partial charge in [0.15, 0.2) is 0 Å². The first-order chi connectivity index (χ1) is 9.62. The van der Waals surface area contributed by atoms with Crippen molar-refractivity contribution in [2.24, 2.45) is 0 Å². The molecular formula is C14H20N4O2. The summed E-state index contributed by atoms with van der Waals surface area (Å²) in [5.74, 6) is 0.251. The van der Waals surface area contributed by atoms with Crippen molar-refractivity contribution in [1.29, 1.82) is 0 Å². The van der Waals surface area contributed by atoms with Crippen LogP contribution in [0.2, 0.25) is 0 Å². The third-order valence-electron chi connectivity index (χ3n) is 3.11. The Labute approximate surface area is 118 Å². The maximum Gasteiger partial charge on any atom is 0.251 e. The number of aromatic nitrogens is 1. The van der Waals surface area contributed by atoms with Crippen LogP contribution in [0, 0.1) is 0 Å². The molecule has 1 saturated carbocycles. The zero-order chi connectivity index (χ0) is 14.5. The molecule has 0 aliphatic heterocycles. The highest BCUT2D eigenvalue weighted by molar-refractivity contribution is 5.97. The Hall–Kier alpha value is -2.11. The summed E-state index contributed by atoms with van der Waals surface area (Å²) in [5, 5.41) is 8.38. The van der Waals surface area contributed by atoms with Crippen molar-refractivity contribution in [3.05, 3.63) is 23.4 Å². The molecule has 2 rings (SSSR count). The van der Waals surface area contributed by atoms with Crippen LogP contribution in [0.4, 0.5) is 5.82 Å². The first-order valence-corrected chi connectivity index (χ1v) is 6.88. The largest absolute Gasteiger partial charge is 0.373 e. The lowest BCUT2D eigenvalue weighted by Crippen LogP contribution is -2.37. The fourth-order valence-corrected chi connectivity index (χ4v) is 1.80. The van der Waals surface area contributed by atoms with Gasteiger partial charge in [0.05, 0.1) is 6.54 Å². The average molecular weight is 276 g/mol. The van der Waals surface area contributed by atoms with Crippen LogP contribution >= 0.6 is 0 Å². The Bertz CT molecular complexity index is 490. The van der Waals surface area contributed by atoms with Crippen molar-refractivity contribution in [1.82, 2.24) is 15.6 Å². The molecule has 1 aromatic rings. The highest BCUT2D eigenvalue weighted by Crippen LogP contribution is 2.18. The number of hydrogen-bond donors (Lipinski definition) is 3. The van der Waals surface area contributed by atoms with Gasteiger partial charge >= 0.3 is 0 Å². The molecule has 0 saturated heterocycles. The van der Waals surface area contributed by atoms with E-state index in [1.165, 1.54) is 0 Å². The van der Waals surface area contributed by atoms with Crippen LogP contribution in [0.5, 0.6) is 0 Å². The highest BCUT2D eigenvalue weighted by Gasteiger charge is 2.23. The molecule has 0 bridgehead atoms. The van der Waals surface area contributed by atoms with Crippen LogP contribution < -0.4 is 16.0 Å². The number of anilines is 1. The quantitative estimate of drug-likeness (QED) is 0.714. The minimum atomic E-state index is -0.260. The molecule has 1 fully saturated rings. The normalized spacial score (nSPS) is 13.7. The molecule has 3 N–H and O–H groups in total. The summed E-state index contributed by atoms with van der Waals surface area (Å²) >= 11 is 0. The summed E-state index contributed by atoms with van der Waals surface area (Å²) in [7, 11) is 1.76. The van der Waals surface area contributed by atoms with Crippen molar-refractivity contribution < 1.29 is 9.59 Å². The zero-order valence-corrected chi connectivity index (χ0v) is 11.8. The van der Waals surface area contributed by atoms with E-state index in [1.807, 2.05) is 6.92 Å². The monoisotopic (exact) mass is 276 g/mol. The van der Waals surface area contributed by atoms with Gasteiger partial charge in [0, 0.05) is 24.3 Å². The Morgan fingerprint density at radius 2 is 2.10 bits per heavy atom. The topological polar surface area (TPSA) is 83.1 Å². The second-order valence-electron chi connectivity index (χ2n) is 4.86. The number of nitrogens with zero attached hydrogens (tertiary/aromatic N) is 1. The van der Waals surface area contributed by atoms with Gasteiger partial charge in [-0.25, -0.2) is 4.98 Å². The maximum absolute atomic E-state index is 12.0. The smallest absolute Gasteiger partial charge is 0.251 e. The summed E-state index contributed by atoms with van der Waals surface area (Å²) in [4.78, 5) is 27.9. The second-order valence-corrected chi connectivity index (χ2v) is 4.86. The lowest BCUT2D eigenvalue weighted by atomic mass is 10.2. The molecule has 20 heavy (non-hydrogen) atoms. The van der Waals surface area contributed by atoms with Crippen LogP contribution in [0.25, 0.3) is 0 Å². The minimum Gasteiger partial charge on any atom is -0.373 e. The molecule has 6 heteroatoms. The van der Waals surface area contributed by atoms with Crippen LogP contribution in [-0.4, -0.2) is 36.4 Å². The molecule has 0 atom stereocenters. The van der Waals surface area contributed by atoms with Crippen LogP contribution in [0.15, 0.2) is 12.1 Å². The standard InChI is InChI=1S/C14H20N4O2/c1-3-10-6-9(7-12(15-2)17-10)14(20)16-8-13(19)18-11-4-5-11/h6-7,11H,3-5,8H2,1-2H3,(H,15,17)(H,16,20)(H,18,19). The molecule has 0 radical (unpaired) electrons. The lowest BCUT2D eigenvalue weighted by Gasteiger charge is -2.09. The van der Waals surface area contributed by atoms with E-state index >= 15 is 0 Å². The summed E-state index contributed by atoms with van der Waals surface area (Å²) in [6.07, 6.45) is 2.82. The molecule has 1 aliphatic rings. The van der Waals surface area contributed by atoms with Gasteiger partial charge in [-0.2, -0.15) is 0 Å². The predicted molar refractivity (Wildman–Crippen MR) is 76.7 cm³/mol. The van der Waals surface area contributed by atoms with Crippen molar-refractivity contribution in [3.8, 4) is 0 Å². The number of carbonyl (C=O) groups excluding carboxylic acids is 2. The maximum atomic E-state index is 12.0. The molecule has 1 aromatic heterocycles. The van der Waals surface area contributed by atoms with E-state index in [0.717, 1.165) is 25.0 Å². The predicted octanol–water partition coefficient (Wildman–Crippen LogP) is 0.694. The number of aryl methyl sites for hydroxylation is 1. The summed E-state index contributed by atoms with van der Waals surface area (Å²) < 4.78 is 0. The summed E-state index contributed by atoms with van der Waals surface area (Å²) in [6, 6.07) is 3.73. The molecular weight excluding hydrogens is 256 g/mol. The van der Waals surface area contributed by atoms with E-state index in [0.29, 0.717) is 17.4 Å². The Kier molecular flexibility index (Phi) is 4.55. The molecule has 0 unspecified atom stereocenters. The van der Waals surface area contributed by atoms with Gasteiger partial charge < -0.3 is 16.0 Å². The molecule has 0 spiro atoms. The van der Waals surface area contributed by atoms with Gasteiger partial charge in [0.1, 0.15) is 5.82 Å². The summed E-state index contributed by atoms with van der Waals surface area (Å²) in [5.41, 5.74) is 1.35. The summed E-state index contributed by atoms with van der Waals surface area (Å²) in [6.45, 7) is 1.99. The third-order valence-corrected chi connectivity index (χ3v) is 3.11. The van der Waals surface area contributed by atoms with Crippen molar-refractivity contribution in [3.63, 3.8) is 0 Å². The van der Waals surface area contributed by atoms with E-state index in [2.05, 4.69) is 20.9 Å². The molecule has 1 aliphatic carbocycles. The van der Waals surface area contributed by atoms with E-state index < -0.39 is 0 Å². The van der Waals surface area contributed by atoms with E-state index in [1.54, 1.807) is 19.2 Å². The van der Waals surface area contributed by atoms with E-state index in [-0.39, 0.29) is 18.4 Å². The van der Waals surface area contributed by atoms with Crippen molar-refractivity contribution >= 4 is 17.6 Å². The molecule has 6 nitrogen and oxygen atoms in total. The number of amides is 2. The van der Waals surface area contributed by atoms with Gasteiger partial charge in [-0.1, -0.05) is 6.92 Å². The minimum absolute atomic E-state index is 0.00794. The van der Waals surface area contributed by atoms with Crippen LogP contribution in [0.3, 0.4) is 0 Å². The second kappa shape index (κ2) is 6.36. The Balaban J connectivity index is 1.95. The average Bonchev–Trinajstić information content (AvgIpc) is 3.27. The van der Waals surface area contributed by atoms with Gasteiger partial charge in [0.2, 0.25) is 5.91 Å². The number of carbonyl (C=O) groups is 2. The van der Waals surface area contributed by atoms with Gasteiger partial charge in [-0.05, 0) is 31.4 Å².